The number of ether oxygens (including phenoxy) is 1. The van der Waals surface area contributed by atoms with Gasteiger partial charge in [-0.25, -0.2) is 13.2 Å². The molecule has 28 heavy (non-hydrogen) atoms. The Balaban J connectivity index is 1.93. The van der Waals surface area contributed by atoms with Crippen LogP contribution in [0.15, 0.2) is 41.3 Å². The summed E-state index contributed by atoms with van der Waals surface area (Å²) in [7, 11) is -4.14. The number of hydrogen-bond acceptors (Lipinski definition) is 5. The molecule has 0 bridgehead atoms. The molecule has 0 radical (unpaired) electrons. The van der Waals surface area contributed by atoms with Gasteiger partial charge in [0, 0.05) is 0 Å². The monoisotopic (exact) mass is 441 g/mol. The fourth-order valence-electron chi connectivity index (χ4n) is 2.95. The molecule has 3 rings (SSSR count). The second kappa shape index (κ2) is 7.06. The van der Waals surface area contributed by atoms with E-state index in [1.165, 1.54) is 18.2 Å². The molecule has 0 atom stereocenters. The summed E-state index contributed by atoms with van der Waals surface area (Å²) in [5.41, 5.74) is 0.153. The van der Waals surface area contributed by atoms with E-state index in [1.807, 2.05) is 20.8 Å². The highest BCUT2D eigenvalue weighted by Crippen LogP contribution is 2.37. The first-order chi connectivity index (χ1) is 13.0. The Morgan fingerprint density at radius 3 is 2.21 bits per heavy atom. The Morgan fingerprint density at radius 2 is 1.64 bits per heavy atom. The molecule has 0 saturated carbocycles. The highest BCUT2D eigenvalue weighted by molar-refractivity contribution is 7.90. The molecule has 148 valence electrons. The lowest BCUT2D eigenvalue weighted by molar-refractivity contribution is 0.0358. The predicted octanol–water partition coefficient (Wildman–Crippen LogP) is 4.25. The Morgan fingerprint density at radius 1 is 1.07 bits per heavy atom. The van der Waals surface area contributed by atoms with E-state index in [2.05, 4.69) is 0 Å². The highest BCUT2D eigenvalue weighted by Gasteiger charge is 2.44. The van der Waals surface area contributed by atoms with E-state index < -0.39 is 34.0 Å². The molecule has 0 aliphatic carbocycles. The molecule has 1 heterocycles. The first-order valence-corrected chi connectivity index (χ1v) is 10.5. The standard InChI is InChI=1S/C19H17Cl2NO5S/c1-19(2,3)11-6-4-9-14-15(11)17(23)22(28(14,25)26)10-27-18(24)16-12(20)7-5-8-13(16)21/h4-9H,10H2,1-3H3. The van der Waals surface area contributed by atoms with Crippen molar-refractivity contribution in [1.82, 2.24) is 4.31 Å². The van der Waals surface area contributed by atoms with E-state index in [4.69, 9.17) is 27.9 Å². The van der Waals surface area contributed by atoms with E-state index in [0.717, 1.165) is 0 Å². The molecule has 0 fully saturated rings. The van der Waals surface area contributed by atoms with Crippen LogP contribution in [0.2, 0.25) is 10.0 Å². The zero-order chi connectivity index (χ0) is 20.9. The van der Waals surface area contributed by atoms with Crippen molar-refractivity contribution in [2.24, 2.45) is 0 Å². The van der Waals surface area contributed by atoms with Gasteiger partial charge >= 0.3 is 5.97 Å². The van der Waals surface area contributed by atoms with Crippen LogP contribution >= 0.6 is 23.2 Å². The number of rotatable bonds is 3. The zero-order valence-electron chi connectivity index (χ0n) is 15.3. The number of fused-ring (bicyclic) bond motifs is 1. The molecule has 2 aromatic rings. The summed E-state index contributed by atoms with van der Waals surface area (Å²) in [6.45, 7) is 4.86. The van der Waals surface area contributed by atoms with Gasteiger partial charge in [-0.2, -0.15) is 4.31 Å². The normalized spacial score (nSPS) is 15.5. The first kappa shape index (κ1) is 20.6. The minimum Gasteiger partial charge on any atom is -0.439 e. The van der Waals surface area contributed by atoms with Crippen LogP contribution in [0.4, 0.5) is 0 Å². The Labute approximate surface area is 173 Å². The number of halogens is 2. The zero-order valence-corrected chi connectivity index (χ0v) is 17.7. The molecule has 0 unspecified atom stereocenters. The molecule has 0 N–H and O–H groups in total. The third kappa shape index (κ3) is 3.38. The molecular formula is C19H17Cl2NO5S. The number of esters is 1. The van der Waals surface area contributed by atoms with Crippen molar-refractivity contribution < 1.29 is 22.7 Å². The van der Waals surface area contributed by atoms with Crippen molar-refractivity contribution in [3.05, 3.63) is 63.1 Å². The van der Waals surface area contributed by atoms with Crippen LogP contribution in [-0.4, -0.2) is 31.3 Å². The maximum absolute atomic E-state index is 12.9. The van der Waals surface area contributed by atoms with Gasteiger partial charge in [-0.3, -0.25) is 4.79 Å². The minimum absolute atomic E-state index is 0.0615. The number of amides is 1. The molecule has 9 heteroatoms. The third-order valence-corrected chi connectivity index (χ3v) is 6.70. The van der Waals surface area contributed by atoms with Gasteiger partial charge in [0.15, 0.2) is 6.73 Å². The maximum Gasteiger partial charge on any atom is 0.342 e. The van der Waals surface area contributed by atoms with Gasteiger partial charge in [-0.1, -0.05) is 62.2 Å². The number of carbonyl (C=O) groups is 2. The summed E-state index contributed by atoms with van der Waals surface area (Å²) >= 11 is 11.9. The number of benzene rings is 2. The van der Waals surface area contributed by atoms with Crippen LogP contribution in [0, 0.1) is 0 Å². The van der Waals surface area contributed by atoms with Gasteiger partial charge in [0.2, 0.25) is 0 Å². The second-order valence-electron chi connectivity index (χ2n) is 7.24. The molecule has 0 aromatic heterocycles. The fourth-order valence-corrected chi connectivity index (χ4v) is 4.95. The van der Waals surface area contributed by atoms with Gasteiger partial charge in [-0.05, 0) is 29.2 Å². The summed E-state index contributed by atoms with van der Waals surface area (Å²) in [5, 5.41) is 0.123. The number of hydrogen-bond donors (Lipinski definition) is 0. The van der Waals surface area contributed by atoms with Crippen LogP contribution in [0.5, 0.6) is 0 Å². The molecule has 0 saturated heterocycles. The Bertz CT molecular complexity index is 1070. The quantitative estimate of drug-likeness (QED) is 0.664. The summed E-state index contributed by atoms with van der Waals surface area (Å²) in [6, 6.07) is 9.13. The summed E-state index contributed by atoms with van der Waals surface area (Å²) in [4.78, 5) is 25.1. The largest absolute Gasteiger partial charge is 0.439 e. The summed E-state index contributed by atoms with van der Waals surface area (Å²) in [5.74, 6) is -1.66. The maximum atomic E-state index is 12.9. The molecule has 1 amide bonds. The van der Waals surface area contributed by atoms with Gasteiger partial charge in [-0.15, -0.1) is 0 Å². The van der Waals surface area contributed by atoms with Crippen LogP contribution in [0.1, 0.15) is 47.1 Å². The average Bonchev–Trinajstić information content (AvgIpc) is 2.78. The summed E-state index contributed by atoms with van der Waals surface area (Å²) < 4.78 is 31.2. The van der Waals surface area contributed by atoms with Crippen LogP contribution in [0.25, 0.3) is 0 Å². The van der Waals surface area contributed by atoms with Gasteiger partial charge in [0.1, 0.15) is 4.90 Å². The van der Waals surface area contributed by atoms with E-state index in [0.29, 0.717) is 9.87 Å². The molecule has 0 spiro atoms. The molecular weight excluding hydrogens is 425 g/mol. The Hall–Kier alpha value is -2.09. The number of nitrogens with zero attached hydrogens (tertiary/aromatic N) is 1. The first-order valence-electron chi connectivity index (χ1n) is 8.28. The smallest absolute Gasteiger partial charge is 0.342 e. The van der Waals surface area contributed by atoms with E-state index in [-0.39, 0.29) is 26.1 Å². The average molecular weight is 442 g/mol. The SMILES string of the molecule is CC(C)(C)c1cccc2c1C(=O)N(COC(=O)c1c(Cl)cccc1Cl)S2(=O)=O. The van der Waals surface area contributed by atoms with Gasteiger partial charge in [0.25, 0.3) is 15.9 Å². The lowest BCUT2D eigenvalue weighted by Crippen LogP contribution is -2.34. The molecule has 1 aliphatic rings. The van der Waals surface area contributed by atoms with Crippen LogP contribution < -0.4 is 0 Å². The fraction of sp³-hybridized carbons (Fsp3) is 0.263. The van der Waals surface area contributed by atoms with E-state index >= 15 is 0 Å². The molecule has 2 aromatic carbocycles. The van der Waals surface area contributed by atoms with Crippen molar-refractivity contribution in [3.8, 4) is 0 Å². The topological polar surface area (TPSA) is 80.8 Å². The number of carbonyl (C=O) groups excluding carboxylic acids is 2. The highest BCUT2D eigenvalue weighted by atomic mass is 35.5. The van der Waals surface area contributed by atoms with Gasteiger partial charge in [0.05, 0.1) is 21.2 Å². The van der Waals surface area contributed by atoms with Crippen molar-refractivity contribution in [2.75, 3.05) is 6.73 Å². The predicted molar refractivity (Wildman–Crippen MR) is 105 cm³/mol. The lowest BCUT2D eigenvalue weighted by atomic mass is 9.83. The van der Waals surface area contributed by atoms with E-state index in [9.17, 15) is 18.0 Å². The van der Waals surface area contributed by atoms with Crippen molar-refractivity contribution >= 4 is 45.1 Å². The van der Waals surface area contributed by atoms with Crippen molar-refractivity contribution in [2.45, 2.75) is 31.1 Å². The van der Waals surface area contributed by atoms with Crippen LogP contribution in [-0.2, 0) is 20.2 Å². The van der Waals surface area contributed by atoms with Crippen molar-refractivity contribution in [3.63, 3.8) is 0 Å². The lowest BCUT2D eigenvalue weighted by Gasteiger charge is -2.21. The second-order valence-corrected chi connectivity index (χ2v) is 9.89. The summed E-state index contributed by atoms with van der Waals surface area (Å²) in [6.07, 6.45) is 0. The van der Waals surface area contributed by atoms with E-state index in [1.54, 1.807) is 18.2 Å². The van der Waals surface area contributed by atoms with Crippen molar-refractivity contribution in [1.29, 1.82) is 0 Å². The Kier molecular flexibility index (Phi) is 5.20. The molecule has 1 aliphatic heterocycles. The third-order valence-electron chi connectivity index (χ3n) is 4.32. The molecule has 6 nitrogen and oxygen atoms in total. The van der Waals surface area contributed by atoms with Crippen LogP contribution in [0.3, 0.4) is 0 Å². The number of sulfonamides is 1. The van der Waals surface area contributed by atoms with Gasteiger partial charge < -0.3 is 4.74 Å². The minimum atomic E-state index is -4.14.